The van der Waals surface area contributed by atoms with E-state index >= 15 is 0 Å². The van der Waals surface area contributed by atoms with E-state index in [9.17, 15) is 8.42 Å². The molecule has 2 heterocycles. The predicted molar refractivity (Wildman–Crippen MR) is 62.6 cm³/mol. The largest absolute Gasteiger partial charge is 0.316 e. The van der Waals surface area contributed by atoms with E-state index in [-0.39, 0.29) is 11.7 Å². The molecule has 6 heteroatoms. The van der Waals surface area contributed by atoms with E-state index in [1.165, 1.54) is 0 Å². The summed E-state index contributed by atoms with van der Waals surface area (Å²) in [6.45, 7) is 1.69. The molecule has 1 aliphatic heterocycles. The number of hydrogen-bond donors (Lipinski definition) is 2. The van der Waals surface area contributed by atoms with Gasteiger partial charge in [0.15, 0.2) is 0 Å². The zero-order valence-electron chi connectivity index (χ0n) is 8.89. The summed E-state index contributed by atoms with van der Waals surface area (Å²) in [5.41, 5.74) is 0. The van der Waals surface area contributed by atoms with Crippen LogP contribution < -0.4 is 10.0 Å². The van der Waals surface area contributed by atoms with Crippen molar-refractivity contribution in [3.8, 4) is 0 Å². The van der Waals surface area contributed by atoms with Gasteiger partial charge < -0.3 is 5.32 Å². The predicted octanol–water partition coefficient (Wildman–Crippen LogP) is 0.433. The summed E-state index contributed by atoms with van der Waals surface area (Å²) in [6.07, 6.45) is 2.48. The van der Waals surface area contributed by atoms with E-state index < -0.39 is 10.0 Å². The second-order valence-electron chi connectivity index (χ2n) is 3.96. The lowest BCUT2D eigenvalue weighted by molar-refractivity contribution is 0.575. The summed E-state index contributed by atoms with van der Waals surface area (Å²) in [6, 6.07) is 5.14. The Labute approximate surface area is 95.3 Å². The maximum absolute atomic E-state index is 11.8. The average molecular weight is 241 g/mol. The molecule has 1 aromatic rings. The van der Waals surface area contributed by atoms with Gasteiger partial charge in [0, 0.05) is 6.20 Å². The molecule has 0 amide bonds. The Morgan fingerprint density at radius 2 is 2.38 bits per heavy atom. The van der Waals surface area contributed by atoms with Gasteiger partial charge in [-0.25, -0.2) is 13.4 Å². The van der Waals surface area contributed by atoms with Gasteiger partial charge in [-0.05, 0) is 37.6 Å². The first-order valence-corrected chi connectivity index (χ1v) is 6.93. The molecular formula is C10H15N3O2S. The zero-order valence-corrected chi connectivity index (χ0v) is 9.70. The minimum absolute atomic E-state index is 0.163. The summed E-state index contributed by atoms with van der Waals surface area (Å²) in [4.78, 5) is 3.93. The number of anilines is 1. The van der Waals surface area contributed by atoms with Crippen molar-refractivity contribution in [2.75, 3.05) is 23.6 Å². The first-order chi connectivity index (χ1) is 7.66. The molecule has 1 aliphatic rings. The van der Waals surface area contributed by atoms with Crippen LogP contribution in [0.3, 0.4) is 0 Å². The van der Waals surface area contributed by atoms with Crippen LogP contribution in [-0.2, 0) is 10.0 Å². The molecule has 1 aromatic heterocycles. The highest BCUT2D eigenvalue weighted by atomic mass is 32.2. The molecule has 0 saturated carbocycles. The number of pyridine rings is 1. The molecule has 88 valence electrons. The quantitative estimate of drug-likeness (QED) is 0.802. The summed E-state index contributed by atoms with van der Waals surface area (Å²) >= 11 is 0. The second kappa shape index (κ2) is 4.80. The third-order valence-corrected chi connectivity index (χ3v) is 3.97. The smallest absolute Gasteiger partial charge is 0.234 e. The van der Waals surface area contributed by atoms with Gasteiger partial charge in [0.25, 0.3) is 0 Å². The second-order valence-corrected chi connectivity index (χ2v) is 5.72. The van der Waals surface area contributed by atoms with Gasteiger partial charge in [-0.1, -0.05) is 6.07 Å². The fourth-order valence-electron chi connectivity index (χ4n) is 1.79. The molecule has 2 N–H and O–H groups in total. The van der Waals surface area contributed by atoms with Crippen LogP contribution in [0.2, 0.25) is 0 Å². The Hall–Kier alpha value is -1.14. The fourth-order valence-corrected chi connectivity index (χ4v) is 3.22. The molecule has 0 bridgehead atoms. The van der Waals surface area contributed by atoms with Crippen LogP contribution in [-0.4, -0.2) is 32.2 Å². The highest BCUT2D eigenvalue weighted by Gasteiger charge is 2.22. The summed E-state index contributed by atoms with van der Waals surface area (Å²) in [5.74, 6) is 0.756. The number of rotatable bonds is 4. The molecule has 1 fully saturated rings. The normalized spacial score (nSPS) is 20.9. The number of aromatic nitrogens is 1. The average Bonchev–Trinajstić information content (AvgIpc) is 2.70. The zero-order chi connectivity index (χ0) is 11.4. The topological polar surface area (TPSA) is 71.1 Å². The number of sulfonamides is 1. The molecule has 1 unspecified atom stereocenters. The number of hydrogen-bond acceptors (Lipinski definition) is 4. The van der Waals surface area contributed by atoms with E-state index in [1.54, 1.807) is 24.4 Å². The van der Waals surface area contributed by atoms with E-state index in [0.717, 1.165) is 19.5 Å². The molecule has 1 atom stereocenters. The van der Waals surface area contributed by atoms with Crippen molar-refractivity contribution in [1.29, 1.82) is 0 Å². The van der Waals surface area contributed by atoms with Crippen molar-refractivity contribution in [3.05, 3.63) is 24.4 Å². The van der Waals surface area contributed by atoms with Crippen LogP contribution in [0.15, 0.2) is 24.4 Å². The van der Waals surface area contributed by atoms with Crippen molar-refractivity contribution >= 4 is 15.8 Å². The van der Waals surface area contributed by atoms with Gasteiger partial charge in [-0.2, -0.15) is 0 Å². The van der Waals surface area contributed by atoms with Gasteiger partial charge in [0.05, 0.1) is 5.75 Å². The highest BCUT2D eigenvalue weighted by molar-refractivity contribution is 7.92. The molecule has 1 saturated heterocycles. The van der Waals surface area contributed by atoms with E-state index in [2.05, 4.69) is 15.0 Å². The fraction of sp³-hybridized carbons (Fsp3) is 0.500. The Kier molecular flexibility index (Phi) is 3.40. The summed E-state index contributed by atoms with van der Waals surface area (Å²) in [5, 5.41) is 3.15. The molecule has 16 heavy (non-hydrogen) atoms. The Morgan fingerprint density at radius 1 is 1.50 bits per heavy atom. The molecule has 0 spiro atoms. The van der Waals surface area contributed by atoms with E-state index in [1.807, 2.05) is 0 Å². The van der Waals surface area contributed by atoms with Crippen LogP contribution in [0, 0.1) is 5.92 Å². The lowest BCUT2D eigenvalue weighted by Gasteiger charge is -2.10. The standard InChI is InChI=1S/C10H15N3O2S/c14-16(15,8-9-4-6-11-7-9)13-10-3-1-2-5-12-10/h1-3,5,9,11H,4,6-8H2,(H,12,13). The van der Waals surface area contributed by atoms with Crippen molar-refractivity contribution in [1.82, 2.24) is 10.3 Å². The Morgan fingerprint density at radius 3 is 3.00 bits per heavy atom. The van der Waals surface area contributed by atoms with Gasteiger partial charge >= 0.3 is 0 Å². The minimum Gasteiger partial charge on any atom is -0.316 e. The maximum Gasteiger partial charge on any atom is 0.234 e. The van der Waals surface area contributed by atoms with Crippen LogP contribution in [0.5, 0.6) is 0 Å². The van der Waals surface area contributed by atoms with Crippen molar-refractivity contribution in [3.63, 3.8) is 0 Å². The molecule has 0 aliphatic carbocycles. The van der Waals surface area contributed by atoms with Gasteiger partial charge in [0.1, 0.15) is 5.82 Å². The molecule has 0 radical (unpaired) electrons. The van der Waals surface area contributed by atoms with Crippen molar-refractivity contribution < 1.29 is 8.42 Å². The van der Waals surface area contributed by atoms with Crippen molar-refractivity contribution in [2.24, 2.45) is 5.92 Å². The third kappa shape index (κ3) is 3.18. The lowest BCUT2D eigenvalue weighted by atomic mass is 10.2. The Bertz CT molecular complexity index is 427. The van der Waals surface area contributed by atoms with Crippen LogP contribution in [0.1, 0.15) is 6.42 Å². The van der Waals surface area contributed by atoms with Gasteiger partial charge in [-0.15, -0.1) is 0 Å². The SMILES string of the molecule is O=S(=O)(CC1CCNC1)Nc1ccccn1. The Balaban J connectivity index is 1.97. The third-order valence-electron chi connectivity index (χ3n) is 2.54. The van der Waals surface area contributed by atoms with Crippen molar-refractivity contribution in [2.45, 2.75) is 6.42 Å². The van der Waals surface area contributed by atoms with Gasteiger partial charge in [-0.3, -0.25) is 4.72 Å². The number of nitrogens with zero attached hydrogens (tertiary/aromatic N) is 1. The lowest BCUT2D eigenvalue weighted by Crippen LogP contribution is -2.24. The molecule has 0 aromatic carbocycles. The first-order valence-electron chi connectivity index (χ1n) is 5.28. The van der Waals surface area contributed by atoms with E-state index in [4.69, 9.17) is 0 Å². The van der Waals surface area contributed by atoms with Crippen LogP contribution in [0.4, 0.5) is 5.82 Å². The summed E-state index contributed by atoms with van der Waals surface area (Å²) < 4.78 is 26.0. The summed E-state index contributed by atoms with van der Waals surface area (Å²) in [7, 11) is -3.27. The van der Waals surface area contributed by atoms with E-state index in [0.29, 0.717) is 5.82 Å². The molecular weight excluding hydrogens is 226 g/mol. The number of nitrogens with one attached hydrogen (secondary N) is 2. The van der Waals surface area contributed by atoms with Crippen LogP contribution in [0.25, 0.3) is 0 Å². The molecule has 2 rings (SSSR count). The first kappa shape index (κ1) is 11.3. The maximum atomic E-state index is 11.8. The monoisotopic (exact) mass is 241 g/mol. The molecule has 5 nitrogen and oxygen atoms in total. The van der Waals surface area contributed by atoms with Crippen LogP contribution >= 0.6 is 0 Å². The highest BCUT2D eigenvalue weighted by Crippen LogP contribution is 2.12. The minimum atomic E-state index is -3.27. The van der Waals surface area contributed by atoms with Gasteiger partial charge in [0.2, 0.25) is 10.0 Å².